The average molecular weight is 389 g/mol. The first-order chi connectivity index (χ1) is 13.8. The first kappa shape index (κ1) is 22.2. The van der Waals surface area contributed by atoms with E-state index in [9.17, 15) is 0 Å². The van der Waals surface area contributed by atoms with Crippen LogP contribution in [0.25, 0.3) is 0 Å². The third-order valence-corrected chi connectivity index (χ3v) is 8.35. The lowest BCUT2D eigenvalue weighted by molar-refractivity contribution is 0.108. The fourth-order valence-corrected chi connectivity index (χ4v) is 6.34. The highest BCUT2D eigenvalue weighted by Crippen LogP contribution is 2.41. The minimum Gasteiger partial charge on any atom is -0.498 e. The van der Waals surface area contributed by atoms with Crippen molar-refractivity contribution in [2.45, 2.75) is 123 Å². The summed E-state index contributed by atoms with van der Waals surface area (Å²) < 4.78 is 6.30. The van der Waals surface area contributed by atoms with Crippen LogP contribution < -0.4 is 0 Å². The smallest absolute Gasteiger partial charge is 0.0920 e. The normalized spacial score (nSPS) is 34.1. The molecule has 0 aromatic heterocycles. The van der Waals surface area contributed by atoms with Gasteiger partial charge in [-0.15, -0.1) is 0 Å². The summed E-state index contributed by atoms with van der Waals surface area (Å²) in [6.07, 6.45) is 26.7. The minimum absolute atomic E-state index is 0.829. The molecule has 0 aromatic carbocycles. The lowest BCUT2D eigenvalue weighted by Gasteiger charge is -2.35. The van der Waals surface area contributed by atoms with Gasteiger partial charge in [0.2, 0.25) is 0 Å². The molecular formula is C27H48O. The van der Waals surface area contributed by atoms with E-state index in [0.29, 0.717) is 0 Å². The van der Waals surface area contributed by atoms with E-state index in [-0.39, 0.29) is 0 Å². The zero-order valence-corrected chi connectivity index (χ0v) is 19.1. The maximum absolute atomic E-state index is 6.30. The Morgan fingerprint density at radius 3 is 2.04 bits per heavy atom. The number of allylic oxidation sites excluding steroid dienone is 2. The summed E-state index contributed by atoms with van der Waals surface area (Å²) in [6.45, 7) is 5.66. The Balaban J connectivity index is 1.29. The molecule has 0 saturated heterocycles. The SMILES string of the molecule is CCCCCC1CCC(COC2=CCC(C3CCC(CCC)CC3)CC2)CC1. The molecule has 162 valence electrons. The van der Waals surface area contributed by atoms with Crippen LogP contribution in [-0.4, -0.2) is 6.61 Å². The summed E-state index contributed by atoms with van der Waals surface area (Å²) in [4.78, 5) is 0. The van der Waals surface area contributed by atoms with E-state index in [1.165, 1.54) is 115 Å². The van der Waals surface area contributed by atoms with Crippen LogP contribution in [0.4, 0.5) is 0 Å². The topological polar surface area (TPSA) is 9.23 Å². The molecule has 0 bridgehead atoms. The maximum atomic E-state index is 6.30. The Morgan fingerprint density at radius 1 is 0.714 bits per heavy atom. The summed E-state index contributed by atoms with van der Waals surface area (Å²) in [5, 5.41) is 0. The molecule has 0 N–H and O–H groups in total. The standard InChI is InChI=1S/C27H48O/c1-3-5-6-8-23-9-11-24(12-10-23)21-28-27-19-17-26(18-20-27)25-15-13-22(7-4-2)14-16-25/h19,22-26H,3-18,20-21H2,1-2H3. The lowest BCUT2D eigenvalue weighted by atomic mass is 9.71. The number of ether oxygens (including phenoxy) is 1. The predicted molar refractivity (Wildman–Crippen MR) is 121 cm³/mol. The molecule has 0 aromatic rings. The minimum atomic E-state index is 0.829. The van der Waals surface area contributed by atoms with Gasteiger partial charge >= 0.3 is 0 Å². The molecule has 0 radical (unpaired) electrons. The van der Waals surface area contributed by atoms with E-state index in [2.05, 4.69) is 19.9 Å². The van der Waals surface area contributed by atoms with Crippen molar-refractivity contribution in [1.29, 1.82) is 0 Å². The summed E-state index contributed by atoms with van der Waals surface area (Å²) in [7, 11) is 0. The molecule has 0 aliphatic heterocycles. The zero-order valence-electron chi connectivity index (χ0n) is 19.1. The fraction of sp³-hybridized carbons (Fsp3) is 0.926. The van der Waals surface area contributed by atoms with Gasteiger partial charge in [-0.05, 0) is 74.2 Å². The van der Waals surface area contributed by atoms with Gasteiger partial charge < -0.3 is 4.74 Å². The van der Waals surface area contributed by atoms with E-state index >= 15 is 0 Å². The number of hydrogen-bond donors (Lipinski definition) is 0. The van der Waals surface area contributed by atoms with Crippen LogP contribution in [0.5, 0.6) is 0 Å². The Morgan fingerprint density at radius 2 is 1.39 bits per heavy atom. The molecule has 0 spiro atoms. The highest BCUT2D eigenvalue weighted by Gasteiger charge is 2.29. The van der Waals surface area contributed by atoms with Crippen molar-refractivity contribution in [3.8, 4) is 0 Å². The van der Waals surface area contributed by atoms with E-state index in [1.54, 1.807) is 0 Å². The highest BCUT2D eigenvalue weighted by atomic mass is 16.5. The van der Waals surface area contributed by atoms with Gasteiger partial charge in [0.1, 0.15) is 0 Å². The van der Waals surface area contributed by atoms with Crippen molar-refractivity contribution < 1.29 is 4.74 Å². The number of unbranched alkanes of at least 4 members (excludes halogenated alkanes) is 2. The largest absolute Gasteiger partial charge is 0.498 e. The van der Waals surface area contributed by atoms with Crippen molar-refractivity contribution in [2.75, 3.05) is 6.61 Å². The molecule has 28 heavy (non-hydrogen) atoms. The van der Waals surface area contributed by atoms with Gasteiger partial charge in [0.15, 0.2) is 0 Å². The Bertz CT molecular complexity index is 437. The van der Waals surface area contributed by atoms with Crippen molar-refractivity contribution in [2.24, 2.45) is 29.6 Å². The molecular weight excluding hydrogens is 340 g/mol. The summed E-state index contributed by atoms with van der Waals surface area (Å²) in [5.41, 5.74) is 0. The third kappa shape index (κ3) is 7.10. The van der Waals surface area contributed by atoms with E-state index in [1.807, 2.05) is 0 Å². The Hall–Kier alpha value is -0.460. The number of hydrogen-bond acceptors (Lipinski definition) is 1. The fourth-order valence-electron chi connectivity index (χ4n) is 6.34. The van der Waals surface area contributed by atoms with Crippen LogP contribution in [0.2, 0.25) is 0 Å². The van der Waals surface area contributed by atoms with Crippen LogP contribution in [0, 0.1) is 29.6 Å². The second-order valence-electron chi connectivity index (χ2n) is 10.5. The first-order valence-electron chi connectivity index (χ1n) is 13.1. The van der Waals surface area contributed by atoms with Gasteiger partial charge in [-0.2, -0.15) is 0 Å². The average Bonchev–Trinajstić information content (AvgIpc) is 2.75. The molecule has 3 rings (SSSR count). The first-order valence-corrected chi connectivity index (χ1v) is 13.1. The Kier molecular flexibility index (Phi) is 9.75. The molecule has 1 nitrogen and oxygen atoms in total. The molecule has 1 heteroatoms. The summed E-state index contributed by atoms with van der Waals surface area (Å²) in [6, 6.07) is 0. The molecule has 0 amide bonds. The highest BCUT2D eigenvalue weighted by molar-refractivity contribution is 5.01. The van der Waals surface area contributed by atoms with E-state index < -0.39 is 0 Å². The summed E-state index contributed by atoms with van der Waals surface area (Å²) >= 11 is 0. The molecule has 1 unspecified atom stereocenters. The van der Waals surface area contributed by atoms with Crippen LogP contribution in [-0.2, 0) is 4.74 Å². The molecule has 1 atom stereocenters. The second-order valence-corrected chi connectivity index (χ2v) is 10.5. The third-order valence-electron chi connectivity index (χ3n) is 8.35. The van der Waals surface area contributed by atoms with E-state index in [4.69, 9.17) is 4.74 Å². The van der Waals surface area contributed by atoms with Gasteiger partial charge in [-0.1, -0.05) is 78.1 Å². The van der Waals surface area contributed by atoms with Crippen LogP contribution >= 0.6 is 0 Å². The van der Waals surface area contributed by atoms with Crippen LogP contribution in [0.15, 0.2) is 11.8 Å². The predicted octanol–water partition coefficient (Wildman–Crippen LogP) is 8.68. The molecule has 2 fully saturated rings. The van der Waals surface area contributed by atoms with Crippen LogP contribution in [0.3, 0.4) is 0 Å². The van der Waals surface area contributed by atoms with Crippen molar-refractivity contribution in [3.05, 3.63) is 11.8 Å². The van der Waals surface area contributed by atoms with Crippen molar-refractivity contribution in [3.63, 3.8) is 0 Å². The van der Waals surface area contributed by atoms with Gasteiger partial charge in [0, 0.05) is 6.42 Å². The van der Waals surface area contributed by atoms with Gasteiger partial charge in [-0.3, -0.25) is 0 Å². The molecule has 3 aliphatic carbocycles. The quantitative estimate of drug-likeness (QED) is 0.340. The summed E-state index contributed by atoms with van der Waals surface area (Å²) in [5.74, 6) is 6.18. The molecule has 3 aliphatic rings. The van der Waals surface area contributed by atoms with Gasteiger partial charge in [0.05, 0.1) is 12.4 Å². The van der Waals surface area contributed by atoms with Gasteiger partial charge in [0.25, 0.3) is 0 Å². The van der Waals surface area contributed by atoms with Crippen LogP contribution in [0.1, 0.15) is 123 Å². The Labute approximate surface area is 176 Å². The monoisotopic (exact) mass is 388 g/mol. The lowest BCUT2D eigenvalue weighted by Crippen LogP contribution is -2.24. The zero-order chi connectivity index (χ0) is 19.6. The van der Waals surface area contributed by atoms with Gasteiger partial charge in [-0.25, -0.2) is 0 Å². The number of rotatable bonds is 10. The van der Waals surface area contributed by atoms with Crippen molar-refractivity contribution >= 4 is 0 Å². The van der Waals surface area contributed by atoms with E-state index in [0.717, 1.165) is 36.2 Å². The maximum Gasteiger partial charge on any atom is 0.0920 e. The molecule has 2 saturated carbocycles. The second kappa shape index (κ2) is 12.3. The van der Waals surface area contributed by atoms with Crippen molar-refractivity contribution in [1.82, 2.24) is 0 Å². The molecule has 0 heterocycles.